The van der Waals surface area contributed by atoms with Gasteiger partial charge >= 0.3 is 0 Å². The Morgan fingerprint density at radius 2 is 1.72 bits per heavy atom. The average molecular weight is 244 g/mol. The van der Waals surface area contributed by atoms with Crippen molar-refractivity contribution in [2.45, 2.75) is 13.5 Å². The number of hydrogen-bond donors (Lipinski definition) is 1. The SMILES string of the molecule is CCOc1ccc(OCc2ccnc(N)c2)cc1. The number of nitrogens with two attached hydrogens (primary N) is 1. The van der Waals surface area contributed by atoms with Gasteiger partial charge in [0.2, 0.25) is 0 Å². The molecule has 2 N–H and O–H groups in total. The fourth-order valence-electron chi connectivity index (χ4n) is 1.55. The van der Waals surface area contributed by atoms with Gasteiger partial charge in [0.15, 0.2) is 0 Å². The Bertz CT molecular complexity index is 497. The molecule has 0 bridgehead atoms. The van der Waals surface area contributed by atoms with Crippen molar-refractivity contribution in [1.82, 2.24) is 4.98 Å². The number of benzene rings is 1. The smallest absolute Gasteiger partial charge is 0.123 e. The zero-order valence-corrected chi connectivity index (χ0v) is 10.3. The molecule has 18 heavy (non-hydrogen) atoms. The molecule has 0 amide bonds. The first-order valence-electron chi connectivity index (χ1n) is 5.84. The summed E-state index contributed by atoms with van der Waals surface area (Å²) in [6, 6.07) is 11.2. The highest BCUT2D eigenvalue weighted by Crippen LogP contribution is 2.18. The second-order valence-corrected chi connectivity index (χ2v) is 3.78. The second kappa shape index (κ2) is 5.91. The molecule has 0 aliphatic carbocycles. The van der Waals surface area contributed by atoms with E-state index in [4.69, 9.17) is 15.2 Å². The van der Waals surface area contributed by atoms with Crippen LogP contribution < -0.4 is 15.2 Å². The summed E-state index contributed by atoms with van der Waals surface area (Å²) in [5, 5.41) is 0. The summed E-state index contributed by atoms with van der Waals surface area (Å²) in [6.45, 7) is 3.09. The van der Waals surface area contributed by atoms with E-state index in [9.17, 15) is 0 Å². The monoisotopic (exact) mass is 244 g/mol. The van der Waals surface area contributed by atoms with Crippen LogP contribution in [0.5, 0.6) is 11.5 Å². The summed E-state index contributed by atoms with van der Waals surface area (Å²) in [5.41, 5.74) is 6.59. The summed E-state index contributed by atoms with van der Waals surface area (Å²) < 4.78 is 11.0. The van der Waals surface area contributed by atoms with Crippen LogP contribution in [0.4, 0.5) is 5.82 Å². The van der Waals surface area contributed by atoms with Crippen molar-refractivity contribution in [2.75, 3.05) is 12.3 Å². The Labute approximate surface area is 106 Å². The van der Waals surface area contributed by atoms with Crippen molar-refractivity contribution < 1.29 is 9.47 Å². The summed E-state index contributed by atoms with van der Waals surface area (Å²) >= 11 is 0. The van der Waals surface area contributed by atoms with Gasteiger partial charge in [0.25, 0.3) is 0 Å². The molecule has 0 aliphatic rings. The van der Waals surface area contributed by atoms with Crippen LogP contribution in [-0.4, -0.2) is 11.6 Å². The molecule has 0 spiro atoms. The molecule has 0 radical (unpaired) electrons. The van der Waals surface area contributed by atoms with E-state index >= 15 is 0 Å². The summed E-state index contributed by atoms with van der Waals surface area (Å²) in [4.78, 5) is 3.93. The number of hydrogen-bond acceptors (Lipinski definition) is 4. The largest absolute Gasteiger partial charge is 0.494 e. The van der Waals surface area contributed by atoms with Crippen LogP contribution >= 0.6 is 0 Å². The molecule has 1 aromatic carbocycles. The number of pyridine rings is 1. The van der Waals surface area contributed by atoms with Crippen molar-refractivity contribution in [3.63, 3.8) is 0 Å². The lowest BCUT2D eigenvalue weighted by Gasteiger charge is -2.08. The van der Waals surface area contributed by atoms with Crippen LogP contribution in [0.15, 0.2) is 42.6 Å². The number of nitrogens with zero attached hydrogens (tertiary/aromatic N) is 1. The molecular formula is C14H16N2O2. The zero-order valence-electron chi connectivity index (χ0n) is 10.3. The van der Waals surface area contributed by atoms with Crippen LogP contribution in [-0.2, 0) is 6.61 Å². The molecule has 2 rings (SSSR count). The Morgan fingerprint density at radius 3 is 2.33 bits per heavy atom. The maximum atomic E-state index is 5.64. The molecule has 0 saturated carbocycles. The summed E-state index contributed by atoms with van der Waals surface area (Å²) in [5.74, 6) is 2.15. The Hall–Kier alpha value is -2.23. The standard InChI is InChI=1S/C14H16N2O2/c1-2-17-12-3-5-13(6-4-12)18-10-11-7-8-16-14(15)9-11/h3-9H,2,10H2,1H3,(H2,15,16). The van der Waals surface area contributed by atoms with Crippen molar-refractivity contribution in [1.29, 1.82) is 0 Å². The third kappa shape index (κ3) is 3.38. The van der Waals surface area contributed by atoms with Gasteiger partial charge in [-0.1, -0.05) is 0 Å². The highest BCUT2D eigenvalue weighted by atomic mass is 16.5. The van der Waals surface area contributed by atoms with Gasteiger partial charge in [0.1, 0.15) is 23.9 Å². The maximum absolute atomic E-state index is 5.64. The van der Waals surface area contributed by atoms with Gasteiger partial charge < -0.3 is 15.2 Å². The van der Waals surface area contributed by atoms with E-state index in [1.165, 1.54) is 0 Å². The molecule has 1 heterocycles. The fourth-order valence-corrected chi connectivity index (χ4v) is 1.55. The first-order valence-corrected chi connectivity index (χ1v) is 5.84. The molecule has 94 valence electrons. The predicted octanol–water partition coefficient (Wildman–Crippen LogP) is 2.64. The van der Waals surface area contributed by atoms with Crippen molar-refractivity contribution in [2.24, 2.45) is 0 Å². The molecule has 2 aromatic rings. The molecule has 4 nitrogen and oxygen atoms in total. The topological polar surface area (TPSA) is 57.4 Å². The molecule has 0 unspecified atom stereocenters. The summed E-state index contributed by atoms with van der Waals surface area (Å²) in [7, 11) is 0. The van der Waals surface area contributed by atoms with Crippen molar-refractivity contribution in [3.05, 3.63) is 48.2 Å². The molecule has 4 heteroatoms. The second-order valence-electron chi connectivity index (χ2n) is 3.78. The molecule has 1 aromatic heterocycles. The molecule has 0 fully saturated rings. The van der Waals surface area contributed by atoms with Crippen molar-refractivity contribution >= 4 is 5.82 Å². The van der Waals surface area contributed by atoms with E-state index in [0.717, 1.165) is 17.1 Å². The number of aromatic nitrogens is 1. The maximum Gasteiger partial charge on any atom is 0.123 e. The van der Waals surface area contributed by atoms with Gasteiger partial charge in [-0.3, -0.25) is 0 Å². The third-order valence-electron chi connectivity index (χ3n) is 2.39. The Kier molecular flexibility index (Phi) is 4.02. The average Bonchev–Trinajstić information content (AvgIpc) is 2.38. The predicted molar refractivity (Wildman–Crippen MR) is 70.6 cm³/mol. The fraction of sp³-hybridized carbons (Fsp3) is 0.214. The van der Waals surface area contributed by atoms with Gasteiger partial charge in [0, 0.05) is 6.20 Å². The van der Waals surface area contributed by atoms with E-state index in [2.05, 4.69) is 4.98 Å². The van der Waals surface area contributed by atoms with Crippen molar-refractivity contribution in [3.8, 4) is 11.5 Å². The van der Waals surface area contributed by atoms with Crippen LogP contribution in [0.2, 0.25) is 0 Å². The van der Waals surface area contributed by atoms with Gasteiger partial charge in [-0.15, -0.1) is 0 Å². The van der Waals surface area contributed by atoms with Gasteiger partial charge in [-0.25, -0.2) is 4.98 Å². The van der Waals surface area contributed by atoms with Crippen LogP contribution in [0.3, 0.4) is 0 Å². The normalized spacial score (nSPS) is 10.1. The first-order chi connectivity index (χ1) is 8.78. The van der Waals surface area contributed by atoms with E-state index in [1.807, 2.05) is 37.3 Å². The number of ether oxygens (including phenoxy) is 2. The quantitative estimate of drug-likeness (QED) is 0.878. The minimum atomic E-state index is 0.473. The minimum absolute atomic E-state index is 0.473. The van der Waals surface area contributed by atoms with E-state index in [-0.39, 0.29) is 0 Å². The molecule has 0 saturated heterocycles. The highest BCUT2D eigenvalue weighted by Gasteiger charge is 1.98. The van der Waals surface area contributed by atoms with E-state index in [0.29, 0.717) is 19.0 Å². The lowest BCUT2D eigenvalue weighted by Crippen LogP contribution is -1.98. The third-order valence-corrected chi connectivity index (χ3v) is 2.39. The first kappa shape index (κ1) is 12.2. The minimum Gasteiger partial charge on any atom is -0.494 e. The highest BCUT2D eigenvalue weighted by molar-refractivity contribution is 5.33. The van der Waals surface area contributed by atoms with Gasteiger partial charge in [0.05, 0.1) is 6.61 Å². The van der Waals surface area contributed by atoms with Crippen LogP contribution in [0, 0.1) is 0 Å². The molecular weight excluding hydrogens is 228 g/mol. The van der Waals surface area contributed by atoms with E-state index in [1.54, 1.807) is 12.3 Å². The molecule has 0 atom stereocenters. The Balaban J connectivity index is 1.93. The van der Waals surface area contributed by atoms with Crippen LogP contribution in [0.1, 0.15) is 12.5 Å². The zero-order chi connectivity index (χ0) is 12.8. The van der Waals surface area contributed by atoms with Crippen LogP contribution in [0.25, 0.3) is 0 Å². The van der Waals surface area contributed by atoms with Gasteiger partial charge in [-0.2, -0.15) is 0 Å². The molecule has 0 aliphatic heterocycles. The van der Waals surface area contributed by atoms with Gasteiger partial charge in [-0.05, 0) is 48.9 Å². The lowest BCUT2D eigenvalue weighted by molar-refractivity contribution is 0.304. The summed E-state index contributed by atoms with van der Waals surface area (Å²) in [6.07, 6.45) is 1.67. The number of anilines is 1. The number of rotatable bonds is 5. The lowest BCUT2D eigenvalue weighted by atomic mass is 10.3. The Morgan fingerprint density at radius 1 is 1.06 bits per heavy atom. The number of nitrogen functional groups attached to an aromatic ring is 1. The van der Waals surface area contributed by atoms with E-state index < -0.39 is 0 Å².